The van der Waals surface area contributed by atoms with Crippen molar-refractivity contribution in [3.63, 3.8) is 0 Å². The van der Waals surface area contributed by atoms with Crippen LogP contribution in [0.15, 0.2) is 35.7 Å². The van der Waals surface area contributed by atoms with Gasteiger partial charge in [-0.1, -0.05) is 18.2 Å². The highest BCUT2D eigenvalue weighted by Crippen LogP contribution is 2.12. The van der Waals surface area contributed by atoms with Crippen LogP contribution < -0.4 is 4.74 Å². The molecule has 2 aromatic rings. The third-order valence-electron chi connectivity index (χ3n) is 4.09. The molecule has 0 unspecified atom stereocenters. The summed E-state index contributed by atoms with van der Waals surface area (Å²) < 4.78 is 5.50. The van der Waals surface area contributed by atoms with Crippen molar-refractivity contribution in [2.45, 2.75) is 13.3 Å². The largest absolute Gasteiger partial charge is 0.484 e. The number of benzene rings is 1. The molecule has 1 aromatic heterocycles. The Morgan fingerprint density at radius 1 is 1.08 bits per heavy atom. The maximum absolute atomic E-state index is 12.3. The molecule has 1 fully saturated rings. The zero-order valence-electron chi connectivity index (χ0n) is 14.2. The van der Waals surface area contributed by atoms with E-state index in [-0.39, 0.29) is 18.4 Å². The van der Waals surface area contributed by atoms with Gasteiger partial charge in [-0.2, -0.15) is 0 Å². The number of piperazine rings is 1. The van der Waals surface area contributed by atoms with Gasteiger partial charge in [-0.3, -0.25) is 9.59 Å². The molecular weight excluding hydrogens is 338 g/mol. The number of para-hydroxylation sites is 1. The summed E-state index contributed by atoms with van der Waals surface area (Å²) >= 11 is 1.55. The number of thiazole rings is 1. The van der Waals surface area contributed by atoms with Gasteiger partial charge >= 0.3 is 0 Å². The van der Waals surface area contributed by atoms with Crippen molar-refractivity contribution in [3.05, 3.63) is 46.4 Å². The van der Waals surface area contributed by atoms with Crippen molar-refractivity contribution < 1.29 is 14.3 Å². The summed E-state index contributed by atoms with van der Waals surface area (Å²) in [6.07, 6.45) is 0.329. The fourth-order valence-corrected chi connectivity index (χ4v) is 3.33. The van der Waals surface area contributed by atoms with Crippen molar-refractivity contribution in [1.29, 1.82) is 0 Å². The van der Waals surface area contributed by atoms with E-state index < -0.39 is 0 Å². The number of carbonyl (C=O) groups is 2. The summed E-state index contributed by atoms with van der Waals surface area (Å²) in [7, 11) is 0. The molecule has 1 aromatic carbocycles. The van der Waals surface area contributed by atoms with Crippen LogP contribution in [0.2, 0.25) is 0 Å². The molecule has 3 rings (SSSR count). The van der Waals surface area contributed by atoms with Crippen LogP contribution >= 0.6 is 11.3 Å². The summed E-state index contributed by atoms with van der Waals surface area (Å²) in [5.41, 5.74) is 0.822. The van der Waals surface area contributed by atoms with Crippen LogP contribution in [0.1, 0.15) is 10.7 Å². The van der Waals surface area contributed by atoms with Crippen LogP contribution in [0.3, 0.4) is 0 Å². The lowest BCUT2D eigenvalue weighted by Gasteiger charge is -2.34. The van der Waals surface area contributed by atoms with Crippen molar-refractivity contribution in [1.82, 2.24) is 14.8 Å². The number of carbonyl (C=O) groups excluding carboxylic acids is 2. The number of hydrogen-bond donors (Lipinski definition) is 0. The number of aromatic nitrogens is 1. The van der Waals surface area contributed by atoms with E-state index in [4.69, 9.17) is 4.74 Å². The number of rotatable bonds is 5. The van der Waals surface area contributed by atoms with Gasteiger partial charge in [0.25, 0.3) is 5.91 Å². The van der Waals surface area contributed by atoms with Gasteiger partial charge in [0, 0.05) is 31.6 Å². The first-order chi connectivity index (χ1) is 12.1. The Kier molecular flexibility index (Phi) is 5.65. The van der Waals surface area contributed by atoms with Gasteiger partial charge in [-0.05, 0) is 19.1 Å². The molecule has 25 heavy (non-hydrogen) atoms. The molecule has 6 nitrogen and oxygen atoms in total. The van der Waals surface area contributed by atoms with Crippen molar-refractivity contribution in [2.24, 2.45) is 0 Å². The van der Waals surface area contributed by atoms with Crippen molar-refractivity contribution in [3.8, 4) is 5.75 Å². The van der Waals surface area contributed by atoms with Crippen molar-refractivity contribution >= 4 is 23.2 Å². The lowest BCUT2D eigenvalue weighted by atomic mass is 10.2. The fourth-order valence-electron chi connectivity index (χ4n) is 2.71. The molecule has 7 heteroatoms. The first-order valence-electron chi connectivity index (χ1n) is 8.26. The quantitative estimate of drug-likeness (QED) is 0.816. The van der Waals surface area contributed by atoms with Crippen LogP contribution in [0.4, 0.5) is 0 Å². The van der Waals surface area contributed by atoms with Crippen LogP contribution in [0.25, 0.3) is 0 Å². The van der Waals surface area contributed by atoms with Gasteiger partial charge < -0.3 is 14.5 Å². The lowest BCUT2D eigenvalue weighted by Crippen LogP contribution is -2.52. The van der Waals surface area contributed by atoms with E-state index in [2.05, 4.69) is 4.98 Å². The average molecular weight is 359 g/mol. The van der Waals surface area contributed by atoms with Gasteiger partial charge in [0.15, 0.2) is 6.61 Å². The predicted molar refractivity (Wildman–Crippen MR) is 95.7 cm³/mol. The Hall–Kier alpha value is -2.41. The maximum Gasteiger partial charge on any atom is 0.260 e. The minimum absolute atomic E-state index is 0.0239. The third kappa shape index (κ3) is 4.79. The zero-order chi connectivity index (χ0) is 17.6. The van der Waals surface area contributed by atoms with Crippen LogP contribution in [0.5, 0.6) is 5.75 Å². The Bertz CT molecular complexity index is 724. The standard InChI is InChI=1S/C18H21N3O3S/c1-14-19-15(13-25-14)11-17(22)20-7-9-21(10-8-20)18(23)12-24-16-5-3-2-4-6-16/h2-6,13H,7-12H2,1H3. The Balaban J connectivity index is 1.43. The molecule has 0 N–H and O–H groups in total. The number of aryl methyl sites for hydroxylation is 1. The van der Waals surface area contributed by atoms with Crippen LogP contribution in [-0.4, -0.2) is 59.4 Å². The third-order valence-corrected chi connectivity index (χ3v) is 4.91. The number of amides is 2. The monoisotopic (exact) mass is 359 g/mol. The Morgan fingerprint density at radius 3 is 2.32 bits per heavy atom. The topological polar surface area (TPSA) is 62.7 Å². The van der Waals surface area contributed by atoms with E-state index in [0.717, 1.165) is 10.7 Å². The van der Waals surface area contributed by atoms with Gasteiger partial charge in [-0.25, -0.2) is 4.98 Å². The second kappa shape index (κ2) is 8.11. The molecule has 0 spiro atoms. The van der Waals surface area contributed by atoms with Gasteiger partial charge in [-0.15, -0.1) is 11.3 Å². The van der Waals surface area contributed by atoms with Crippen LogP contribution in [-0.2, 0) is 16.0 Å². The van der Waals surface area contributed by atoms with Gasteiger partial charge in [0.1, 0.15) is 5.75 Å². The average Bonchev–Trinajstić information content (AvgIpc) is 3.05. The van der Waals surface area contributed by atoms with E-state index in [1.165, 1.54) is 0 Å². The second-order valence-corrected chi connectivity index (χ2v) is 6.96. The van der Waals surface area contributed by atoms with E-state index >= 15 is 0 Å². The molecule has 0 radical (unpaired) electrons. The van der Waals surface area contributed by atoms with E-state index in [1.807, 2.05) is 42.6 Å². The van der Waals surface area contributed by atoms with E-state index in [0.29, 0.717) is 38.3 Å². The van der Waals surface area contributed by atoms with Gasteiger partial charge in [0.05, 0.1) is 17.1 Å². The highest BCUT2D eigenvalue weighted by atomic mass is 32.1. The van der Waals surface area contributed by atoms with E-state index in [1.54, 1.807) is 21.1 Å². The molecule has 0 aliphatic carbocycles. The summed E-state index contributed by atoms with van der Waals surface area (Å²) in [6, 6.07) is 9.29. The van der Waals surface area contributed by atoms with E-state index in [9.17, 15) is 9.59 Å². The van der Waals surface area contributed by atoms with Crippen molar-refractivity contribution in [2.75, 3.05) is 32.8 Å². The number of hydrogen-bond acceptors (Lipinski definition) is 5. The number of nitrogens with zero attached hydrogens (tertiary/aromatic N) is 3. The summed E-state index contributed by atoms with van der Waals surface area (Å²) in [5, 5.41) is 2.89. The molecule has 1 aliphatic rings. The second-order valence-electron chi connectivity index (χ2n) is 5.90. The molecule has 1 saturated heterocycles. The Morgan fingerprint density at radius 2 is 1.72 bits per heavy atom. The summed E-state index contributed by atoms with van der Waals surface area (Å²) in [4.78, 5) is 32.4. The SMILES string of the molecule is Cc1nc(CC(=O)N2CCN(C(=O)COc3ccccc3)CC2)cs1. The molecule has 0 saturated carbocycles. The molecular formula is C18H21N3O3S. The zero-order valence-corrected chi connectivity index (χ0v) is 15.0. The molecule has 0 atom stereocenters. The number of ether oxygens (including phenoxy) is 1. The molecule has 0 bridgehead atoms. The summed E-state index contributed by atoms with van der Waals surface area (Å²) in [6.45, 7) is 4.15. The highest BCUT2D eigenvalue weighted by Gasteiger charge is 2.24. The van der Waals surface area contributed by atoms with Crippen LogP contribution in [0, 0.1) is 6.92 Å². The molecule has 2 amide bonds. The minimum Gasteiger partial charge on any atom is -0.484 e. The highest BCUT2D eigenvalue weighted by molar-refractivity contribution is 7.09. The first-order valence-corrected chi connectivity index (χ1v) is 9.14. The lowest BCUT2D eigenvalue weighted by molar-refractivity contribution is -0.140. The Labute approximate surface area is 151 Å². The summed E-state index contributed by atoms with van der Waals surface area (Å²) in [5.74, 6) is 0.701. The maximum atomic E-state index is 12.3. The minimum atomic E-state index is -0.0499. The van der Waals surface area contributed by atoms with Gasteiger partial charge in [0.2, 0.25) is 5.91 Å². The fraction of sp³-hybridized carbons (Fsp3) is 0.389. The molecule has 1 aliphatic heterocycles. The first kappa shape index (κ1) is 17.4. The molecule has 132 valence electrons. The smallest absolute Gasteiger partial charge is 0.260 e. The molecule has 2 heterocycles. The normalized spacial score (nSPS) is 14.4. The predicted octanol–water partition coefficient (Wildman–Crippen LogP) is 1.74.